The Labute approximate surface area is 107 Å². The molecule has 0 aliphatic carbocycles. The molecule has 10 nitrogen and oxygen atoms in total. The topological polar surface area (TPSA) is 185 Å². The molecule has 1 unspecified atom stereocenters. The van der Waals surface area contributed by atoms with Gasteiger partial charge in [0.2, 0.25) is 11.4 Å². The highest BCUT2D eigenvalue weighted by Gasteiger charge is 2.56. The first-order chi connectivity index (χ1) is 8.70. The molecule has 0 bridgehead atoms. The molecule has 19 heavy (non-hydrogen) atoms. The van der Waals surface area contributed by atoms with E-state index in [0.29, 0.717) is 0 Å². The first kappa shape index (κ1) is 14.3. The Morgan fingerprint density at radius 1 is 1.00 bits per heavy atom. The molecule has 1 aliphatic heterocycles. The third-order valence-corrected chi connectivity index (χ3v) is 2.72. The Balaban J connectivity index is 3.75. The highest BCUT2D eigenvalue weighted by Crippen LogP contribution is 2.29. The molecule has 1 atom stereocenters. The second-order valence-electron chi connectivity index (χ2n) is 3.69. The Hall–Kier alpha value is -2.75. The lowest BCUT2D eigenvalue weighted by Gasteiger charge is -2.27. The van der Waals surface area contributed by atoms with Crippen molar-refractivity contribution in [1.29, 1.82) is 0 Å². The van der Waals surface area contributed by atoms with Crippen LogP contribution in [-0.4, -0.2) is 40.6 Å². The number of aliphatic imine (C=N–C) groups is 1. The Kier molecular flexibility index (Phi) is 3.39. The van der Waals surface area contributed by atoms with Crippen molar-refractivity contribution in [2.45, 2.75) is 6.92 Å². The number of rotatable bonds is 4. The number of primary amides is 4. The summed E-state index contributed by atoms with van der Waals surface area (Å²) in [6.45, 7) is 1.27. The zero-order valence-corrected chi connectivity index (χ0v) is 10.0. The number of hydrogen-bond donors (Lipinski definition) is 4. The van der Waals surface area contributed by atoms with Gasteiger partial charge in [0.25, 0.3) is 5.91 Å². The van der Waals surface area contributed by atoms with E-state index in [2.05, 4.69) is 4.99 Å². The van der Waals surface area contributed by atoms with Gasteiger partial charge in [-0.3, -0.25) is 14.4 Å². The fourth-order valence-corrected chi connectivity index (χ4v) is 1.93. The van der Waals surface area contributed by atoms with E-state index in [1.54, 1.807) is 0 Å². The van der Waals surface area contributed by atoms with Gasteiger partial charge in [0.1, 0.15) is 0 Å². The largest absolute Gasteiger partial charge is 0.425 e. The van der Waals surface area contributed by atoms with Gasteiger partial charge in [-0.15, -0.1) is 4.48 Å². The highest BCUT2D eigenvalue weighted by molar-refractivity contribution is 6.38. The lowest BCUT2D eigenvalue weighted by molar-refractivity contribution is -0.703. The van der Waals surface area contributed by atoms with Crippen molar-refractivity contribution >= 4 is 29.6 Å². The molecule has 0 spiro atoms. The van der Waals surface area contributed by atoms with Crippen LogP contribution in [0.25, 0.3) is 0 Å². The molecular weight excluding hydrogens is 256 g/mol. The van der Waals surface area contributed by atoms with Crippen LogP contribution in [-0.2, 0) is 14.4 Å². The minimum absolute atomic E-state index is 0.174. The number of quaternary nitrogens is 1. The predicted molar refractivity (Wildman–Crippen MR) is 62.4 cm³/mol. The maximum absolute atomic E-state index is 11.7. The van der Waals surface area contributed by atoms with E-state index in [1.165, 1.54) is 6.92 Å². The van der Waals surface area contributed by atoms with Crippen LogP contribution in [0.15, 0.2) is 16.4 Å². The third kappa shape index (κ3) is 1.83. The number of urea groups is 1. The molecule has 0 fully saturated rings. The maximum Gasteiger partial charge on any atom is 0.425 e. The van der Waals surface area contributed by atoms with Crippen molar-refractivity contribution < 1.29 is 23.7 Å². The average Bonchev–Trinajstić information content (AvgIpc) is 2.64. The molecule has 1 heterocycles. The second kappa shape index (κ2) is 4.49. The van der Waals surface area contributed by atoms with Crippen molar-refractivity contribution in [2.75, 3.05) is 6.54 Å². The van der Waals surface area contributed by atoms with Gasteiger partial charge in [-0.2, -0.15) is 4.99 Å². The van der Waals surface area contributed by atoms with Crippen molar-refractivity contribution in [3.05, 3.63) is 11.4 Å². The van der Waals surface area contributed by atoms with E-state index in [-0.39, 0.29) is 6.54 Å². The van der Waals surface area contributed by atoms with Crippen LogP contribution in [0.3, 0.4) is 0 Å². The van der Waals surface area contributed by atoms with Gasteiger partial charge in [-0.05, 0) is 6.92 Å². The summed E-state index contributed by atoms with van der Waals surface area (Å²) in [5, 5.41) is 0. The fourth-order valence-electron chi connectivity index (χ4n) is 1.93. The Morgan fingerprint density at radius 2 is 1.53 bits per heavy atom. The van der Waals surface area contributed by atoms with Crippen LogP contribution in [0.5, 0.6) is 0 Å². The van der Waals surface area contributed by atoms with Gasteiger partial charge in [0, 0.05) is 0 Å². The minimum Gasteiger partial charge on any atom is -0.364 e. The molecule has 8 N–H and O–H groups in total. The van der Waals surface area contributed by atoms with E-state index in [1.807, 2.05) is 0 Å². The van der Waals surface area contributed by atoms with Gasteiger partial charge in [0.05, 0.1) is 6.54 Å². The minimum atomic E-state index is -1.14. The standard InChI is InChI=1S/C9H12N6O4/c1-2-15(9(13)19)4(6(11)17)3(5(10)16)14-8(15)7(12)18/h2H2,1H3,(H7-,10,11,12,13,16,17,18,19)/p+1. The predicted octanol–water partition coefficient (Wildman–Crippen LogP) is -3.02. The lowest BCUT2D eigenvalue weighted by atomic mass is 10.2. The quantitative estimate of drug-likeness (QED) is 0.396. The summed E-state index contributed by atoms with van der Waals surface area (Å²) in [5.74, 6) is -3.95. The monoisotopic (exact) mass is 269 g/mol. The van der Waals surface area contributed by atoms with Gasteiger partial charge in [-0.25, -0.2) is 4.79 Å². The average molecular weight is 269 g/mol. The summed E-state index contributed by atoms with van der Waals surface area (Å²) in [6, 6.07) is -1.12. The third-order valence-electron chi connectivity index (χ3n) is 2.72. The fraction of sp³-hybridized carbons (Fsp3) is 0.222. The summed E-state index contributed by atoms with van der Waals surface area (Å²) in [5.41, 5.74) is 19.3. The van der Waals surface area contributed by atoms with Crippen LogP contribution in [0, 0.1) is 0 Å². The molecule has 102 valence electrons. The maximum atomic E-state index is 11.7. The molecule has 0 aromatic carbocycles. The van der Waals surface area contributed by atoms with Crippen molar-refractivity contribution in [2.24, 2.45) is 27.9 Å². The number of amidine groups is 1. The van der Waals surface area contributed by atoms with E-state index < -0.39 is 45.5 Å². The lowest BCUT2D eigenvalue weighted by Crippen LogP contribution is -2.62. The molecule has 0 aromatic rings. The number of hydrogen-bond acceptors (Lipinski definition) is 5. The summed E-state index contributed by atoms with van der Waals surface area (Å²) >= 11 is 0. The molecule has 5 amide bonds. The van der Waals surface area contributed by atoms with Crippen molar-refractivity contribution in [1.82, 2.24) is 0 Å². The summed E-state index contributed by atoms with van der Waals surface area (Å²) in [7, 11) is 0. The molecule has 1 aliphatic rings. The number of carbonyl (C=O) groups is 4. The molecule has 0 saturated heterocycles. The van der Waals surface area contributed by atoms with Gasteiger partial charge >= 0.3 is 23.7 Å². The summed E-state index contributed by atoms with van der Waals surface area (Å²) in [4.78, 5) is 49.3. The second-order valence-corrected chi connectivity index (χ2v) is 3.69. The summed E-state index contributed by atoms with van der Waals surface area (Å²) in [6.07, 6.45) is 0. The van der Waals surface area contributed by atoms with Gasteiger partial charge < -0.3 is 22.9 Å². The van der Waals surface area contributed by atoms with E-state index >= 15 is 0 Å². The normalized spacial score (nSPS) is 22.1. The first-order valence-electron chi connectivity index (χ1n) is 5.11. The van der Waals surface area contributed by atoms with Crippen LogP contribution >= 0.6 is 0 Å². The van der Waals surface area contributed by atoms with Gasteiger partial charge in [-0.1, -0.05) is 0 Å². The zero-order valence-electron chi connectivity index (χ0n) is 10.0. The molecule has 0 aromatic heterocycles. The number of carbonyl (C=O) groups excluding carboxylic acids is 4. The van der Waals surface area contributed by atoms with E-state index in [4.69, 9.17) is 22.9 Å². The highest BCUT2D eigenvalue weighted by atomic mass is 16.2. The van der Waals surface area contributed by atoms with Crippen molar-refractivity contribution in [3.63, 3.8) is 0 Å². The smallest absolute Gasteiger partial charge is 0.364 e. The van der Waals surface area contributed by atoms with Crippen LogP contribution < -0.4 is 22.9 Å². The summed E-state index contributed by atoms with van der Waals surface area (Å²) < 4.78 is -1.12. The van der Waals surface area contributed by atoms with E-state index in [9.17, 15) is 19.2 Å². The first-order valence-corrected chi connectivity index (χ1v) is 5.11. The number of nitrogens with two attached hydrogens (primary N) is 4. The molecule has 1 rings (SSSR count). The van der Waals surface area contributed by atoms with Gasteiger partial charge in [0.15, 0.2) is 0 Å². The van der Waals surface area contributed by atoms with E-state index in [0.717, 1.165) is 0 Å². The molecular formula is C9H13N6O4+. The number of nitrogens with zero attached hydrogens (tertiary/aromatic N) is 2. The van der Waals surface area contributed by atoms with Crippen LogP contribution in [0.4, 0.5) is 4.79 Å². The number of amides is 5. The molecule has 0 saturated carbocycles. The van der Waals surface area contributed by atoms with Crippen molar-refractivity contribution in [3.8, 4) is 0 Å². The molecule has 0 radical (unpaired) electrons. The zero-order chi connectivity index (χ0) is 15.0. The van der Waals surface area contributed by atoms with Crippen LogP contribution in [0.1, 0.15) is 6.92 Å². The SMILES string of the molecule is CC[N+]1(C(N)=O)C(C(N)=O)=NC(C(N)=O)=C1C(N)=O. The number of likely N-dealkylation sites (N-methyl/N-ethyl adjacent to an activating group) is 1. The van der Waals surface area contributed by atoms with Crippen LogP contribution in [0.2, 0.25) is 0 Å². The Bertz CT molecular complexity index is 563. The molecule has 10 heteroatoms. The Morgan fingerprint density at radius 3 is 1.79 bits per heavy atom.